The molecule has 0 atom stereocenters. The number of aromatic nitrogens is 2. The van der Waals surface area contributed by atoms with Crippen molar-refractivity contribution in [3.05, 3.63) is 24.4 Å². The van der Waals surface area contributed by atoms with Crippen LogP contribution in [0.15, 0.2) is 24.4 Å². The topological polar surface area (TPSA) is 79.0 Å². The lowest BCUT2D eigenvalue weighted by atomic mass is 9.86. The van der Waals surface area contributed by atoms with Gasteiger partial charge in [-0.25, -0.2) is 4.79 Å². The van der Waals surface area contributed by atoms with Gasteiger partial charge in [-0.3, -0.25) is 5.10 Å². The van der Waals surface area contributed by atoms with Crippen LogP contribution in [0.2, 0.25) is 0 Å². The zero-order valence-electron chi connectivity index (χ0n) is 13.1. The van der Waals surface area contributed by atoms with Gasteiger partial charge in [-0.15, -0.1) is 0 Å². The van der Waals surface area contributed by atoms with E-state index in [2.05, 4.69) is 26.9 Å². The Morgan fingerprint density at radius 1 is 1.32 bits per heavy atom. The van der Waals surface area contributed by atoms with E-state index < -0.39 is 5.60 Å². The minimum atomic E-state index is -0.453. The van der Waals surface area contributed by atoms with Crippen molar-refractivity contribution in [1.82, 2.24) is 15.5 Å². The van der Waals surface area contributed by atoms with Crippen molar-refractivity contribution < 1.29 is 9.53 Å². The molecule has 1 aromatic carbocycles. The van der Waals surface area contributed by atoms with E-state index in [-0.39, 0.29) is 12.1 Å². The summed E-state index contributed by atoms with van der Waals surface area (Å²) < 4.78 is 5.26. The molecular weight excluding hydrogens is 280 g/mol. The van der Waals surface area contributed by atoms with Crippen LogP contribution in [-0.4, -0.2) is 34.0 Å². The number of benzene rings is 1. The number of hydrogen-bond donors (Lipinski definition) is 3. The summed E-state index contributed by atoms with van der Waals surface area (Å²) in [6, 6.07) is 6.70. The lowest BCUT2D eigenvalue weighted by Crippen LogP contribution is -2.50. The maximum absolute atomic E-state index is 11.7. The average Bonchev–Trinajstić information content (AvgIpc) is 2.81. The Hall–Kier alpha value is -2.24. The van der Waals surface area contributed by atoms with Crippen molar-refractivity contribution >= 4 is 22.7 Å². The van der Waals surface area contributed by atoms with Gasteiger partial charge in [-0.1, -0.05) is 0 Å². The summed E-state index contributed by atoms with van der Waals surface area (Å²) in [6.45, 7) is 5.59. The largest absolute Gasteiger partial charge is 0.444 e. The normalized spacial score (nSPS) is 21.2. The van der Waals surface area contributed by atoms with E-state index in [9.17, 15) is 4.79 Å². The number of fused-ring (bicyclic) bond motifs is 1. The number of aromatic amines is 1. The van der Waals surface area contributed by atoms with E-state index in [1.165, 1.54) is 0 Å². The van der Waals surface area contributed by atoms with E-state index in [4.69, 9.17) is 4.74 Å². The van der Waals surface area contributed by atoms with Crippen LogP contribution in [0.3, 0.4) is 0 Å². The number of carbonyl (C=O) groups excluding carboxylic acids is 1. The Labute approximate surface area is 129 Å². The van der Waals surface area contributed by atoms with Gasteiger partial charge in [0.05, 0.1) is 11.7 Å². The van der Waals surface area contributed by atoms with Gasteiger partial charge < -0.3 is 15.4 Å². The van der Waals surface area contributed by atoms with Crippen molar-refractivity contribution in [2.75, 3.05) is 5.32 Å². The van der Waals surface area contributed by atoms with Crippen molar-refractivity contribution in [1.29, 1.82) is 0 Å². The molecule has 1 aliphatic carbocycles. The lowest BCUT2D eigenvalue weighted by molar-refractivity contribution is 0.0475. The summed E-state index contributed by atoms with van der Waals surface area (Å²) in [7, 11) is 0. The second-order valence-corrected chi connectivity index (χ2v) is 6.83. The van der Waals surface area contributed by atoms with Crippen molar-refractivity contribution in [3.8, 4) is 0 Å². The van der Waals surface area contributed by atoms with Crippen molar-refractivity contribution in [2.45, 2.75) is 51.3 Å². The van der Waals surface area contributed by atoms with Crippen LogP contribution >= 0.6 is 0 Å². The molecule has 118 valence electrons. The first-order valence-corrected chi connectivity index (χ1v) is 7.58. The number of nitrogens with one attached hydrogen (secondary N) is 3. The molecule has 1 amide bonds. The Balaban J connectivity index is 1.46. The fraction of sp³-hybridized carbons (Fsp3) is 0.500. The van der Waals surface area contributed by atoms with E-state index in [0.717, 1.165) is 29.4 Å². The fourth-order valence-electron chi connectivity index (χ4n) is 2.59. The molecule has 6 nitrogen and oxygen atoms in total. The number of H-pyrrole nitrogens is 1. The highest BCUT2D eigenvalue weighted by molar-refractivity contribution is 5.81. The van der Waals surface area contributed by atoms with E-state index >= 15 is 0 Å². The zero-order chi connectivity index (χ0) is 15.7. The average molecular weight is 302 g/mol. The Morgan fingerprint density at radius 3 is 2.82 bits per heavy atom. The molecule has 0 radical (unpaired) electrons. The summed E-state index contributed by atoms with van der Waals surface area (Å²) in [5, 5.41) is 14.4. The maximum atomic E-state index is 11.7. The van der Waals surface area contributed by atoms with Crippen LogP contribution in [0.4, 0.5) is 10.5 Å². The first kappa shape index (κ1) is 14.7. The van der Waals surface area contributed by atoms with Crippen LogP contribution in [-0.2, 0) is 4.74 Å². The van der Waals surface area contributed by atoms with Gasteiger partial charge in [0.2, 0.25) is 0 Å². The Morgan fingerprint density at radius 2 is 2.09 bits per heavy atom. The van der Waals surface area contributed by atoms with Gasteiger partial charge in [0, 0.05) is 23.2 Å². The number of amides is 1. The molecule has 1 aliphatic rings. The molecule has 1 saturated carbocycles. The first-order chi connectivity index (χ1) is 10.4. The highest BCUT2D eigenvalue weighted by atomic mass is 16.6. The van der Waals surface area contributed by atoms with Crippen molar-refractivity contribution in [3.63, 3.8) is 0 Å². The number of rotatable bonds is 3. The molecule has 6 heteroatoms. The van der Waals surface area contributed by atoms with Crippen molar-refractivity contribution in [2.24, 2.45) is 0 Å². The van der Waals surface area contributed by atoms with Gasteiger partial charge in [-0.2, -0.15) is 5.10 Å². The van der Waals surface area contributed by atoms with E-state index in [1.807, 2.05) is 39.1 Å². The fourth-order valence-corrected chi connectivity index (χ4v) is 2.59. The van der Waals surface area contributed by atoms with Crippen LogP contribution in [0.1, 0.15) is 33.6 Å². The van der Waals surface area contributed by atoms with Gasteiger partial charge in [0.25, 0.3) is 0 Å². The standard InChI is InChI=1S/C16H22N4O2/c1-16(2,3)22-15(21)19-13-6-12(7-13)18-11-5-4-10-9-17-20-14(10)8-11/h4-5,8-9,12-13,18H,6-7H2,1-3H3,(H,17,20)(H,19,21). The number of anilines is 1. The number of carbonyl (C=O) groups is 1. The van der Waals surface area contributed by atoms with Gasteiger partial charge in [0.1, 0.15) is 5.60 Å². The predicted molar refractivity (Wildman–Crippen MR) is 85.9 cm³/mol. The van der Waals surface area contributed by atoms with E-state index in [0.29, 0.717) is 6.04 Å². The third kappa shape index (κ3) is 3.50. The lowest BCUT2D eigenvalue weighted by Gasteiger charge is -2.37. The molecule has 0 aliphatic heterocycles. The smallest absolute Gasteiger partial charge is 0.407 e. The number of nitrogens with zero attached hydrogens (tertiary/aromatic N) is 1. The number of ether oxygens (including phenoxy) is 1. The molecule has 3 rings (SSSR count). The quantitative estimate of drug-likeness (QED) is 0.814. The molecule has 0 saturated heterocycles. The number of alkyl carbamates (subject to hydrolysis) is 1. The van der Waals surface area contributed by atoms with Gasteiger partial charge in [-0.05, 0) is 51.8 Å². The van der Waals surface area contributed by atoms with Gasteiger partial charge >= 0.3 is 6.09 Å². The third-order valence-corrected chi connectivity index (χ3v) is 3.67. The molecule has 0 bridgehead atoms. The first-order valence-electron chi connectivity index (χ1n) is 7.58. The zero-order valence-corrected chi connectivity index (χ0v) is 13.1. The third-order valence-electron chi connectivity index (χ3n) is 3.67. The predicted octanol–water partition coefficient (Wildman–Crippen LogP) is 3.03. The summed E-state index contributed by atoms with van der Waals surface area (Å²) >= 11 is 0. The minimum absolute atomic E-state index is 0.184. The molecule has 1 fully saturated rings. The molecular formula is C16H22N4O2. The highest BCUT2D eigenvalue weighted by Crippen LogP contribution is 2.26. The Bertz CT molecular complexity index is 668. The van der Waals surface area contributed by atoms with Crippen LogP contribution in [0.25, 0.3) is 10.9 Å². The maximum Gasteiger partial charge on any atom is 0.407 e. The van der Waals surface area contributed by atoms with Crippen LogP contribution in [0, 0.1) is 0 Å². The second kappa shape index (κ2) is 5.51. The SMILES string of the molecule is CC(C)(C)OC(=O)NC1CC(Nc2ccc3cn[nH]c3c2)C1. The summed E-state index contributed by atoms with van der Waals surface area (Å²) in [4.78, 5) is 11.7. The molecule has 2 aromatic rings. The molecule has 22 heavy (non-hydrogen) atoms. The van der Waals surface area contributed by atoms with Gasteiger partial charge in [0.15, 0.2) is 0 Å². The Kier molecular flexibility index (Phi) is 3.68. The molecule has 1 aromatic heterocycles. The van der Waals surface area contributed by atoms with Crippen LogP contribution < -0.4 is 10.6 Å². The molecule has 3 N–H and O–H groups in total. The summed E-state index contributed by atoms with van der Waals surface area (Å²) in [6.07, 6.45) is 3.28. The summed E-state index contributed by atoms with van der Waals surface area (Å²) in [5.74, 6) is 0. The van der Waals surface area contributed by atoms with E-state index in [1.54, 1.807) is 0 Å². The summed E-state index contributed by atoms with van der Waals surface area (Å²) in [5.41, 5.74) is 1.63. The molecule has 0 unspecified atom stereocenters. The molecule has 0 spiro atoms. The monoisotopic (exact) mass is 302 g/mol. The second-order valence-electron chi connectivity index (χ2n) is 6.83. The van der Waals surface area contributed by atoms with Crippen LogP contribution in [0.5, 0.6) is 0 Å². The highest BCUT2D eigenvalue weighted by Gasteiger charge is 2.31. The molecule has 1 heterocycles. The number of hydrogen-bond acceptors (Lipinski definition) is 4. The minimum Gasteiger partial charge on any atom is -0.444 e.